The lowest BCUT2D eigenvalue weighted by Crippen LogP contribution is -2.54. The molecule has 21 heavy (non-hydrogen) atoms. The Kier molecular flexibility index (Phi) is 6.49. The maximum Gasteiger partial charge on any atom is 0.237 e. The van der Waals surface area contributed by atoms with E-state index in [1.807, 2.05) is 18.7 Å². The molecule has 1 heterocycles. The molecule has 0 radical (unpaired) electrons. The van der Waals surface area contributed by atoms with Gasteiger partial charge in [0.2, 0.25) is 5.91 Å². The van der Waals surface area contributed by atoms with Gasteiger partial charge in [-0.1, -0.05) is 38.8 Å². The van der Waals surface area contributed by atoms with Gasteiger partial charge in [0.1, 0.15) is 5.41 Å². The number of nitrogens with two attached hydrogens (primary N) is 1. The minimum Gasteiger partial charge on any atom is -0.409 e. The van der Waals surface area contributed by atoms with Crippen LogP contribution in [0.15, 0.2) is 5.16 Å². The molecular formula is C16H31N3O2. The van der Waals surface area contributed by atoms with Crippen LogP contribution >= 0.6 is 0 Å². The van der Waals surface area contributed by atoms with Crippen molar-refractivity contribution in [3.8, 4) is 0 Å². The summed E-state index contributed by atoms with van der Waals surface area (Å²) >= 11 is 0. The van der Waals surface area contributed by atoms with Crippen LogP contribution in [0, 0.1) is 5.41 Å². The Bertz CT molecular complexity index is 376. The lowest BCUT2D eigenvalue weighted by atomic mass is 9.76. The van der Waals surface area contributed by atoms with Gasteiger partial charge in [-0.25, -0.2) is 0 Å². The molecule has 1 saturated heterocycles. The topological polar surface area (TPSA) is 78.9 Å². The van der Waals surface area contributed by atoms with Crippen molar-refractivity contribution in [1.29, 1.82) is 0 Å². The second-order valence-electron chi connectivity index (χ2n) is 6.27. The SMILES string of the molecule is CCCC(CCC)(C(=O)N1C(C)CCC1CC)C(N)=NO. The molecule has 1 rings (SSSR count). The van der Waals surface area contributed by atoms with Crippen molar-refractivity contribution < 1.29 is 10.0 Å². The second kappa shape index (κ2) is 7.66. The van der Waals surface area contributed by atoms with Crippen molar-refractivity contribution in [2.24, 2.45) is 16.3 Å². The van der Waals surface area contributed by atoms with Gasteiger partial charge in [-0.15, -0.1) is 0 Å². The van der Waals surface area contributed by atoms with E-state index in [2.05, 4.69) is 19.0 Å². The van der Waals surface area contributed by atoms with Gasteiger partial charge in [-0.3, -0.25) is 4.79 Å². The van der Waals surface area contributed by atoms with Crippen molar-refractivity contribution in [3.63, 3.8) is 0 Å². The number of amidine groups is 1. The van der Waals surface area contributed by atoms with E-state index in [0.717, 1.165) is 32.1 Å². The maximum atomic E-state index is 13.3. The van der Waals surface area contributed by atoms with Crippen molar-refractivity contribution in [3.05, 3.63) is 0 Å². The molecule has 0 aromatic rings. The standard InChI is InChI=1S/C16H31N3O2/c1-5-10-16(11-6-2,14(17)18-21)15(20)19-12(4)8-9-13(19)7-3/h12-13,21H,5-11H2,1-4H3,(H2,17,18). The third-order valence-corrected chi connectivity index (χ3v) is 4.85. The Labute approximate surface area is 128 Å². The number of carbonyl (C=O) groups is 1. The summed E-state index contributed by atoms with van der Waals surface area (Å²) in [6.45, 7) is 8.29. The molecule has 0 aliphatic carbocycles. The van der Waals surface area contributed by atoms with Crippen LogP contribution in [0.1, 0.15) is 72.6 Å². The number of amides is 1. The smallest absolute Gasteiger partial charge is 0.237 e. The number of hydrogen-bond acceptors (Lipinski definition) is 3. The molecule has 1 amide bonds. The molecule has 0 spiro atoms. The first kappa shape index (κ1) is 17.8. The van der Waals surface area contributed by atoms with Gasteiger partial charge in [0.05, 0.1) is 0 Å². The summed E-state index contributed by atoms with van der Waals surface area (Å²) in [5.74, 6) is 0.128. The summed E-state index contributed by atoms with van der Waals surface area (Å²) < 4.78 is 0. The Morgan fingerprint density at radius 2 is 1.86 bits per heavy atom. The van der Waals surface area contributed by atoms with Gasteiger partial charge in [0.15, 0.2) is 5.84 Å². The van der Waals surface area contributed by atoms with Gasteiger partial charge >= 0.3 is 0 Å². The first-order valence-electron chi connectivity index (χ1n) is 8.29. The molecular weight excluding hydrogens is 266 g/mol. The van der Waals surface area contributed by atoms with Gasteiger partial charge in [-0.2, -0.15) is 0 Å². The zero-order chi connectivity index (χ0) is 16.0. The third-order valence-electron chi connectivity index (χ3n) is 4.85. The van der Waals surface area contributed by atoms with Crippen LogP contribution in [0.4, 0.5) is 0 Å². The number of oxime groups is 1. The third kappa shape index (κ3) is 3.33. The van der Waals surface area contributed by atoms with Crippen molar-refractivity contribution in [2.75, 3.05) is 0 Å². The van der Waals surface area contributed by atoms with Crippen LogP contribution in [-0.4, -0.2) is 33.9 Å². The van der Waals surface area contributed by atoms with E-state index in [9.17, 15) is 10.0 Å². The first-order valence-corrected chi connectivity index (χ1v) is 8.29. The van der Waals surface area contributed by atoms with Crippen molar-refractivity contribution in [2.45, 2.75) is 84.7 Å². The Morgan fingerprint density at radius 1 is 1.29 bits per heavy atom. The molecule has 2 unspecified atom stereocenters. The van der Waals surface area contributed by atoms with Gasteiger partial charge in [-0.05, 0) is 39.0 Å². The molecule has 1 fully saturated rings. The van der Waals surface area contributed by atoms with Crippen molar-refractivity contribution in [1.82, 2.24) is 4.90 Å². The number of hydrogen-bond donors (Lipinski definition) is 2. The number of nitrogens with zero attached hydrogens (tertiary/aromatic N) is 2. The fourth-order valence-corrected chi connectivity index (χ4v) is 3.74. The van der Waals surface area contributed by atoms with E-state index in [1.54, 1.807) is 0 Å². The minimum atomic E-state index is -0.843. The van der Waals surface area contributed by atoms with Gasteiger partial charge < -0.3 is 15.8 Å². The molecule has 0 saturated carbocycles. The van der Waals surface area contributed by atoms with Crippen LogP contribution < -0.4 is 5.73 Å². The Balaban J connectivity index is 3.20. The fraction of sp³-hybridized carbons (Fsp3) is 0.875. The number of likely N-dealkylation sites (tertiary alicyclic amines) is 1. The molecule has 3 N–H and O–H groups in total. The van der Waals surface area contributed by atoms with Crippen LogP contribution in [0.2, 0.25) is 0 Å². The van der Waals surface area contributed by atoms with E-state index in [0.29, 0.717) is 12.8 Å². The van der Waals surface area contributed by atoms with Crippen LogP contribution in [0.25, 0.3) is 0 Å². The summed E-state index contributed by atoms with van der Waals surface area (Å²) in [4.78, 5) is 15.3. The average Bonchev–Trinajstić information content (AvgIpc) is 2.86. The summed E-state index contributed by atoms with van der Waals surface area (Å²) in [6, 6.07) is 0.522. The first-order chi connectivity index (χ1) is 9.98. The van der Waals surface area contributed by atoms with E-state index in [1.165, 1.54) is 0 Å². The van der Waals surface area contributed by atoms with Crippen LogP contribution in [0.3, 0.4) is 0 Å². The highest BCUT2D eigenvalue weighted by molar-refractivity contribution is 6.07. The minimum absolute atomic E-state index is 0.0540. The van der Waals surface area contributed by atoms with Gasteiger partial charge in [0, 0.05) is 12.1 Å². The average molecular weight is 297 g/mol. The monoisotopic (exact) mass is 297 g/mol. The molecule has 5 nitrogen and oxygen atoms in total. The largest absolute Gasteiger partial charge is 0.409 e. The zero-order valence-corrected chi connectivity index (χ0v) is 13.9. The summed E-state index contributed by atoms with van der Waals surface area (Å²) in [7, 11) is 0. The molecule has 2 atom stereocenters. The zero-order valence-electron chi connectivity index (χ0n) is 13.9. The quantitative estimate of drug-likeness (QED) is 0.328. The number of rotatable bonds is 7. The number of carbonyl (C=O) groups excluding carboxylic acids is 1. The lowest BCUT2D eigenvalue weighted by molar-refractivity contribution is -0.142. The molecule has 122 valence electrons. The van der Waals surface area contributed by atoms with Crippen LogP contribution in [0.5, 0.6) is 0 Å². The normalized spacial score (nSPS) is 23.6. The van der Waals surface area contributed by atoms with E-state index in [4.69, 9.17) is 5.73 Å². The maximum absolute atomic E-state index is 13.3. The van der Waals surface area contributed by atoms with E-state index in [-0.39, 0.29) is 23.8 Å². The summed E-state index contributed by atoms with van der Waals surface area (Å²) in [5, 5.41) is 12.4. The summed E-state index contributed by atoms with van der Waals surface area (Å²) in [5.41, 5.74) is 5.13. The van der Waals surface area contributed by atoms with E-state index < -0.39 is 5.41 Å². The highest BCUT2D eigenvalue weighted by atomic mass is 16.4. The Morgan fingerprint density at radius 3 is 2.29 bits per heavy atom. The predicted molar refractivity (Wildman–Crippen MR) is 85.3 cm³/mol. The molecule has 0 bridgehead atoms. The summed E-state index contributed by atoms with van der Waals surface area (Å²) in [6.07, 6.45) is 5.98. The van der Waals surface area contributed by atoms with E-state index >= 15 is 0 Å². The van der Waals surface area contributed by atoms with Crippen LogP contribution in [-0.2, 0) is 4.79 Å². The van der Waals surface area contributed by atoms with Gasteiger partial charge in [0.25, 0.3) is 0 Å². The lowest BCUT2D eigenvalue weighted by Gasteiger charge is -2.39. The molecule has 0 aromatic heterocycles. The highest BCUT2D eigenvalue weighted by Gasteiger charge is 2.47. The second-order valence-corrected chi connectivity index (χ2v) is 6.27. The molecule has 5 heteroatoms. The highest BCUT2D eigenvalue weighted by Crippen LogP contribution is 2.37. The molecule has 1 aliphatic heterocycles. The molecule has 1 aliphatic rings. The molecule has 0 aromatic carbocycles. The predicted octanol–water partition coefficient (Wildman–Crippen LogP) is 3.11. The van der Waals surface area contributed by atoms with Crippen molar-refractivity contribution >= 4 is 11.7 Å². The Hall–Kier alpha value is -1.26. The fourth-order valence-electron chi connectivity index (χ4n) is 3.74.